The quantitative estimate of drug-likeness (QED) is 0.841. The van der Waals surface area contributed by atoms with Crippen LogP contribution in [0.2, 0.25) is 0 Å². The SMILES string of the molecule is CC(Br)C(=O)Nc1ccnn1C(C)(C)C. The normalized spacial score (nSPS) is 13.7. The molecular weight excluding hydrogens is 258 g/mol. The van der Waals surface area contributed by atoms with Crippen LogP contribution in [-0.4, -0.2) is 20.5 Å². The van der Waals surface area contributed by atoms with E-state index in [-0.39, 0.29) is 16.3 Å². The molecule has 4 nitrogen and oxygen atoms in total. The van der Waals surface area contributed by atoms with Gasteiger partial charge in [0.05, 0.1) is 16.6 Å². The van der Waals surface area contributed by atoms with Gasteiger partial charge in [-0.1, -0.05) is 15.9 Å². The van der Waals surface area contributed by atoms with Crippen molar-refractivity contribution >= 4 is 27.7 Å². The summed E-state index contributed by atoms with van der Waals surface area (Å²) in [5.74, 6) is 0.653. The van der Waals surface area contributed by atoms with Crippen LogP contribution >= 0.6 is 15.9 Å². The van der Waals surface area contributed by atoms with Gasteiger partial charge in [-0.2, -0.15) is 5.10 Å². The maximum absolute atomic E-state index is 11.5. The highest BCUT2D eigenvalue weighted by molar-refractivity contribution is 9.10. The monoisotopic (exact) mass is 273 g/mol. The first-order chi connectivity index (χ1) is 6.82. The minimum absolute atomic E-state index is 0.0685. The Kier molecular flexibility index (Phi) is 3.54. The van der Waals surface area contributed by atoms with Crippen LogP contribution in [0.1, 0.15) is 27.7 Å². The van der Waals surface area contributed by atoms with E-state index in [1.54, 1.807) is 23.9 Å². The number of amides is 1. The Bertz CT molecular complexity index is 352. The van der Waals surface area contributed by atoms with Crippen LogP contribution in [0.3, 0.4) is 0 Å². The lowest BCUT2D eigenvalue weighted by molar-refractivity contribution is -0.115. The Balaban J connectivity index is 2.88. The molecule has 1 heterocycles. The summed E-state index contributed by atoms with van der Waals surface area (Å²) >= 11 is 3.22. The molecule has 15 heavy (non-hydrogen) atoms. The highest BCUT2D eigenvalue weighted by atomic mass is 79.9. The lowest BCUT2D eigenvalue weighted by atomic mass is 10.1. The third-order valence-corrected chi connectivity index (χ3v) is 2.31. The molecule has 1 aromatic heterocycles. The Hall–Kier alpha value is -0.840. The maximum atomic E-state index is 11.5. The summed E-state index contributed by atoms with van der Waals surface area (Å²) in [6.45, 7) is 7.89. The smallest absolute Gasteiger partial charge is 0.239 e. The fourth-order valence-electron chi connectivity index (χ4n) is 1.16. The van der Waals surface area contributed by atoms with E-state index in [1.807, 2.05) is 20.8 Å². The third-order valence-electron chi connectivity index (χ3n) is 1.89. The molecule has 1 aromatic rings. The van der Waals surface area contributed by atoms with Gasteiger partial charge in [0.1, 0.15) is 5.82 Å². The maximum Gasteiger partial charge on any atom is 0.239 e. The van der Waals surface area contributed by atoms with Crippen LogP contribution < -0.4 is 5.32 Å². The number of halogens is 1. The summed E-state index contributed by atoms with van der Waals surface area (Å²) in [5, 5.41) is 7.00. The van der Waals surface area contributed by atoms with Crippen molar-refractivity contribution in [2.45, 2.75) is 38.1 Å². The number of carbonyl (C=O) groups excluding carboxylic acids is 1. The van der Waals surface area contributed by atoms with E-state index < -0.39 is 0 Å². The zero-order valence-corrected chi connectivity index (χ0v) is 11.0. The van der Waals surface area contributed by atoms with Gasteiger partial charge < -0.3 is 5.32 Å². The number of alkyl halides is 1. The molecule has 0 saturated heterocycles. The van der Waals surface area contributed by atoms with Gasteiger partial charge in [-0.15, -0.1) is 0 Å². The minimum atomic E-state index is -0.208. The average molecular weight is 274 g/mol. The summed E-state index contributed by atoms with van der Waals surface area (Å²) in [6.07, 6.45) is 1.68. The Morgan fingerprint density at radius 2 is 2.20 bits per heavy atom. The summed E-state index contributed by atoms with van der Waals surface area (Å²) in [4.78, 5) is 11.3. The summed E-state index contributed by atoms with van der Waals surface area (Å²) in [7, 11) is 0. The van der Waals surface area contributed by atoms with E-state index in [2.05, 4.69) is 26.3 Å². The minimum Gasteiger partial charge on any atom is -0.310 e. The van der Waals surface area contributed by atoms with Crippen LogP contribution in [0.25, 0.3) is 0 Å². The molecule has 0 spiro atoms. The first-order valence-electron chi connectivity index (χ1n) is 4.82. The summed E-state index contributed by atoms with van der Waals surface area (Å²) in [6, 6.07) is 1.79. The van der Waals surface area contributed by atoms with Gasteiger partial charge in [-0.25, -0.2) is 4.68 Å². The number of hydrogen-bond acceptors (Lipinski definition) is 2. The lowest BCUT2D eigenvalue weighted by Gasteiger charge is -2.22. The van der Waals surface area contributed by atoms with Gasteiger partial charge in [0.2, 0.25) is 5.91 Å². The largest absolute Gasteiger partial charge is 0.310 e. The Morgan fingerprint density at radius 1 is 1.60 bits per heavy atom. The molecule has 0 fully saturated rings. The van der Waals surface area contributed by atoms with E-state index in [0.29, 0.717) is 0 Å². The molecule has 0 aromatic carbocycles. The molecule has 1 rings (SSSR count). The second-order valence-corrected chi connectivity index (χ2v) is 5.78. The first-order valence-corrected chi connectivity index (χ1v) is 5.73. The van der Waals surface area contributed by atoms with E-state index in [9.17, 15) is 4.79 Å². The van der Waals surface area contributed by atoms with Crippen molar-refractivity contribution in [2.75, 3.05) is 5.32 Å². The molecule has 1 amide bonds. The highest BCUT2D eigenvalue weighted by Crippen LogP contribution is 2.19. The molecule has 0 aliphatic rings. The summed E-state index contributed by atoms with van der Waals surface area (Å²) in [5.41, 5.74) is -0.137. The lowest BCUT2D eigenvalue weighted by Crippen LogP contribution is -2.28. The van der Waals surface area contributed by atoms with Crippen LogP contribution in [-0.2, 0) is 10.3 Å². The second kappa shape index (κ2) is 4.35. The van der Waals surface area contributed by atoms with Gasteiger partial charge in [-0.3, -0.25) is 4.79 Å². The van der Waals surface area contributed by atoms with E-state index in [4.69, 9.17) is 0 Å². The van der Waals surface area contributed by atoms with Crippen LogP contribution in [0.15, 0.2) is 12.3 Å². The van der Waals surface area contributed by atoms with Crippen LogP contribution in [0, 0.1) is 0 Å². The zero-order valence-electron chi connectivity index (χ0n) is 9.41. The van der Waals surface area contributed by atoms with Crippen molar-refractivity contribution in [3.05, 3.63) is 12.3 Å². The first kappa shape index (κ1) is 12.2. The molecule has 0 saturated carbocycles. The fourth-order valence-corrected chi connectivity index (χ4v) is 1.27. The highest BCUT2D eigenvalue weighted by Gasteiger charge is 2.19. The molecule has 84 valence electrons. The van der Waals surface area contributed by atoms with Gasteiger partial charge in [0, 0.05) is 6.07 Å². The van der Waals surface area contributed by atoms with Crippen molar-refractivity contribution < 1.29 is 4.79 Å². The number of aromatic nitrogens is 2. The van der Waals surface area contributed by atoms with Crippen molar-refractivity contribution in [1.29, 1.82) is 0 Å². The molecule has 1 atom stereocenters. The number of rotatable bonds is 2. The Morgan fingerprint density at radius 3 is 2.67 bits per heavy atom. The van der Waals surface area contributed by atoms with E-state index in [0.717, 1.165) is 5.82 Å². The standard InChI is InChI=1S/C10H16BrN3O/c1-7(11)9(15)13-8-5-6-12-14(8)10(2,3)4/h5-7H,1-4H3,(H,13,15). The molecule has 1 unspecified atom stereocenters. The molecule has 0 aliphatic carbocycles. The van der Waals surface area contributed by atoms with Crippen molar-refractivity contribution in [2.24, 2.45) is 0 Å². The van der Waals surface area contributed by atoms with Crippen molar-refractivity contribution in [1.82, 2.24) is 9.78 Å². The second-order valence-electron chi connectivity index (χ2n) is 4.40. The number of anilines is 1. The van der Waals surface area contributed by atoms with Gasteiger partial charge >= 0.3 is 0 Å². The van der Waals surface area contributed by atoms with Crippen LogP contribution in [0.5, 0.6) is 0 Å². The van der Waals surface area contributed by atoms with Gasteiger partial charge in [-0.05, 0) is 27.7 Å². The predicted molar refractivity (Wildman–Crippen MR) is 64.2 cm³/mol. The number of nitrogens with zero attached hydrogens (tertiary/aromatic N) is 2. The van der Waals surface area contributed by atoms with E-state index >= 15 is 0 Å². The fraction of sp³-hybridized carbons (Fsp3) is 0.600. The molecule has 1 N–H and O–H groups in total. The topological polar surface area (TPSA) is 46.9 Å². The third kappa shape index (κ3) is 3.06. The zero-order chi connectivity index (χ0) is 11.6. The molecule has 0 bridgehead atoms. The number of nitrogens with one attached hydrogen (secondary N) is 1. The van der Waals surface area contributed by atoms with Crippen molar-refractivity contribution in [3.63, 3.8) is 0 Å². The van der Waals surface area contributed by atoms with Crippen LogP contribution in [0.4, 0.5) is 5.82 Å². The van der Waals surface area contributed by atoms with Gasteiger partial charge in [0.25, 0.3) is 0 Å². The van der Waals surface area contributed by atoms with Crippen molar-refractivity contribution in [3.8, 4) is 0 Å². The molecule has 5 heteroatoms. The predicted octanol–water partition coefficient (Wildman–Crippen LogP) is 2.36. The Labute approximate surface area is 98.2 Å². The van der Waals surface area contributed by atoms with E-state index in [1.165, 1.54) is 0 Å². The number of hydrogen-bond donors (Lipinski definition) is 1. The molecular formula is C10H16BrN3O. The number of carbonyl (C=O) groups is 1. The molecule has 0 aliphatic heterocycles. The van der Waals surface area contributed by atoms with Gasteiger partial charge in [0.15, 0.2) is 0 Å². The average Bonchev–Trinajstić information content (AvgIpc) is 2.50. The summed E-state index contributed by atoms with van der Waals surface area (Å²) < 4.78 is 1.79. The molecule has 0 radical (unpaired) electrons.